The highest BCUT2D eigenvalue weighted by atomic mass is 32.2. The van der Waals surface area contributed by atoms with Gasteiger partial charge in [0.05, 0.1) is 11.4 Å². The van der Waals surface area contributed by atoms with E-state index in [2.05, 4.69) is 0 Å². The van der Waals surface area contributed by atoms with Crippen LogP contribution in [0.2, 0.25) is 0 Å². The van der Waals surface area contributed by atoms with Crippen molar-refractivity contribution in [2.24, 2.45) is 0 Å². The molecule has 1 amide bonds. The fourth-order valence-electron chi connectivity index (χ4n) is 1.11. The normalized spacial score (nSPS) is 11.3. The van der Waals surface area contributed by atoms with E-state index in [1.807, 2.05) is 5.32 Å². The van der Waals surface area contributed by atoms with E-state index in [4.69, 9.17) is 0 Å². The summed E-state index contributed by atoms with van der Waals surface area (Å²) in [4.78, 5) is 11.2. The van der Waals surface area contributed by atoms with E-state index in [-0.39, 0.29) is 0 Å². The number of hydrogen-bond acceptors (Lipinski definition) is 3. The second-order valence-electron chi connectivity index (χ2n) is 3.65. The second-order valence-corrected chi connectivity index (χ2v) is 5.91. The number of benzene rings is 1. The number of rotatable bonds is 4. The van der Waals surface area contributed by atoms with Gasteiger partial charge in [0.1, 0.15) is 9.84 Å². The molecule has 1 aromatic carbocycles. The van der Waals surface area contributed by atoms with E-state index in [9.17, 15) is 26.4 Å². The second kappa shape index (κ2) is 5.38. The Kier molecular flexibility index (Phi) is 4.33. The SMILES string of the molecule is CS(=O)(=O)CCC(=O)Nc1ccc(F)c(F)c1F. The van der Waals surface area contributed by atoms with E-state index in [1.54, 1.807) is 0 Å². The first-order chi connectivity index (χ1) is 8.20. The van der Waals surface area contributed by atoms with E-state index < -0.39 is 51.1 Å². The molecule has 0 heterocycles. The van der Waals surface area contributed by atoms with Crippen molar-refractivity contribution in [2.45, 2.75) is 6.42 Å². The molecule has 18 heavy (non-hydrogen) atoms. The van der Waals surface area contributed by atoms with Gasteiger partial charge in [0, 0.05) is 12.7 Å². The van der Waals surface area contributed by atoms with Crippen molar-refractivity contribution in [3.8, 4) is 0 Å². The number of carbonyl (C=O) groups excluding carboxylic acids is 1. The minimum Gasteiger partial charge on any atom is -0.323 e. The minimum atomic E-state index is -3.33. The van der Waals surface area contributed by atoms with E-state index >= 15 is 0 Å². The maximum atomic E-state index is 13.1. The quantitative estimate of drug-likeness (QED) is 0.850. The van der Waals surface area contributed by atoms with Crippen molar-refractivity contribution in [2.75, 3.05) is 17.3 Å². The van der Waals surface area contributed by atoms with Crippen molar-refractivity contribution in [1.29, 1.82) is 0 Å². The molecule has 0 saturated carbocycles. The number of anilines is 1. The summed E-state index contributed by atoms with van der Waals surface area (Å²) < 4.78 is 60.1. The minimum absolute atomic E-state index is 0.392. The van der Waals surface area contributed by atoms with Gasteiger partial charge in [-0.25, -0.2) is 21.6 Å². The molecule has 4 nitrogen and oxygen atoms in total. The van der Waals surface area contributed by atoms with Crippen LogP contribution >= 0.6 is 0 Å². The molecular weight excluding hydrogens is 271 g/mol. The summed E-state index contributed by atoms with van der Waals surface area (Å²) in [5.41, 5.74) is -0.535. The van der Waals surface area contributed by atoms with Gasteiger partial charge in [-0.1, -0.05) is 0 Å². The van der Waals surface area contributed by atoms with Gasteiger partial charge in [-0.3, -0.25) is 4.79 Å². The van der Waals surface area contributed by atoms with Crippen LogP contribution in [0.15, 0.2) is 12.1 Å². The van der Waals surface area contributed by atoms with Crippen LogP contribution in [0.25, 0.3) is 0 Å². The third kappa shape index (κ3) is 4.02. The predicted molar refractivity (Wildman–Crippen MR) is 59.3 cm³/mol. The maximum absolute atomic E-state index is 13.1. The highest BCUT2D eigenvalue weighted by molar-refractivity contribution is 7.90. The van der Waals surface area contributed by atoms with Gasteiger partial charge in [0.15, 0.2) is 17.5 Å². The van der Waals surface area contributed by atoms with Crippen LogP contribution in [0.5, 0.6) is 0 Å². The Labute approximate surface area is 102 Å². The molecule has 0 fully saturated rings. The number of sulfone groups is 1. The Bertz CT molecular complexity index is 572. The molecule has 0 aliphatic heterocycles. The molecular formula is C10H10F3NO3S. The average Bonchev–Trinajstić information content (AvgIpc) is 2.26. The van der Waals surface area contributed by atoms with Crippen LogP contribution in [0.1, 0.15) is 6.42 Å². The van der Waals surface area contributed by atoms with Crippen LogP contribution in [0.4, 0.5) is 18.9 Å². The first-order valence-corrected chi connectivity index (χ1v) is 6.88. The lowest BCUT2D eigenvalue weighted by Gasteiger charge is -2.06. The van der Waals surface area contributed by atoms with Crippen LogP contribution < -0.4 is 5.32 Å². The number of hydrogen-bond donors (Lipinski definition) is 1. The molecule has 0 atom stereocenters. The van der Waals surface area contributed by atoms with Crippen molar-refractivity contribution >= 4 is 21.4 Å². The third-order valence-corrected chi connectivity index (χ3v) is 2.95. The zero-order valence-corrected chi connectivity index (χ0v) is 10.2. The molecule has 0 aliphatic rings. The lowest BCUT2D eigenvalue weighted by molar-refractivity contribution is -0.115. The largest absolute Gasteiger partial charge is 0.323 e. The fourth-order valence-corrected chi connectivity index (χ4v) is 1.67. The Morgan fingerprint density at radius 1 is 1.22 bits per heavy atom. The van der Waals surface area contributed by atoms with Gasteiger partial charge >= 0.3 is 0 Å². The lowest BCUT2D eigenvalue weighted by Crippen LogP contribution is -2.17. The number of amides is 1. The lowest BCUT2D eigenvalue weighted by atomic mass is 10.2. The van der Waals surface area contributed by atoms with E-state index in [1.165, 1.54) is 0 Å². The summed E-state index contributed by atoms with van der Waals surface area (Å²) in [6.07, 6.45) is 0.551. The number of halogens is 3. The van der Waals surface area contributed by atoms with Crippen LogP contribution in [0.3, 0.4) is 0 Å². The molecule has 1 aromatic rings. The maximum Gasteiger partial charge on any atom is 0.225 e. The summed E-state index contributed by atoms with van der Waals surface area (Å²) in [5.74, 6) is -5.81. The van der Waals surface area contributed by atoms with Gasteiger partial charge in [0.25, 0.3) is 0 Å². The topological polar surface area (TPSA) is 63.2 Å². The summed E-state index contributed by atoms with van der Waals surface area (Å²) in [6.45, 7) is 0. The first kappa shape index (κ1) is 14.5. The van der Waals surface area contributed by atoms with Crippen LogP contribution in [-0.2, 0) is 14.6 Å². The highest BCUT2D eigenvalue weighted by Crippen LogP contribution is 2.19. The van der Waals surface area contributed by atoms with Gasteiger partial charge in [-0.15, -0.1) is 0 Å². The standard InChI is InChI=1S/C10H10F3NO3S/c1-18(16,17)5-4-8(15)14-7-3-2-6(11)9(12)10(7)13/h2-3H,4-5H2,1H3,(H,14,15). The van der Waals surface area contributed by atoms with Gasteiger partial charge in [-0.05, 0) is 12.1 Å². The first-order valence-electron chi connectivity index (χ1n) is 4.82. The van der Waals surface area contributed by atoms with Crippen LogP contribution in [-0.4, -0.2) is 26.3 Å². The van der Waals surface area contributed by atoms with Crippen molar-refractivity contribution in [1.82, 2.24) is 0 Å². The number of carbonyl (C=O) groups is 1. The molecule has 100 valence electrons. The van der Waals surface area contributed by atoms with Crippen molar-refractivity contribution in [3.63, 3.8) is 0 Å². The Morgan fingerprint density at radius 2 is 1.83 bits per heavy atom. The zero-order chi connectivity index (χ0) is 13.9. The summed E-state index contributed by atoms with van der Waals surface area (Å²) >= 11 is 0. The van der Waals surface area contributed by atoms with Gasteiger partial charge in [-0.2, -0.15) is 0 Å². The molecule has 0 bridgehead atoms. The van der Waals surface area contributed by atoms with Crippen molar-refractivity contribution < 1.29 is 26.4 Å². The van der Waals surface area contributed by atoms with Gasteiger partial charge < -0.3 is 5.32 Å². The zero-order valence-electron chi connectivity index (χ0n) is 9.34. The van der Waals surface area contributed by atoms with E-state index in [0.29, 0.717) is 6.07 Å². The molecule has 0 radical (unpaired) electrons. The van der Waals surface area contributed by atoms with Gasteiger partial charge in [0.2, 0.25) is 5.91 Å². The van der Waals surface area contributed by atoms with E-state index in [0.717, 1.165) is 12.3 Å². The smallest absolute Gasteiger partial charge is 0.225 e. The average molecular weight is 281 g/mol. The fraction of sp³-hybridized carbons (Fsp3) is 0.300. The summed E-state index contributed by atoms with van der Waals surface area (Å²) in [6, 6.07) is 1.51. The highest BCUT2D eigenvalue weighted by Gasteiger charge is 2.15. The molecule has 0 spiro atoms. The number of nitrogens with one attached hydrogen (secondary N) is 1. The third-order valence-electron chi connectivity index (χ3n) is 2.01. The molecule has 1 rings (SSSR count). The van der Waals surface area contributed by atoms with Crippen molar-refractivity contribution in [3.05, 3.63) is 29.6 Å². The molecule has 8 heteroatoms. The molecule has 0 aliphatic carbocycles. The molecule has 0 unspecified atom stereocenters. The predicted octanol–water partition coefficient (Wildman–Crippen LogP) is 1.48. The Morgan fingerprint density at radius 3 is 2.39 bits per heavy atom. The summed E-state index contributed by atoms with van der Waals surface area (Å²) in [5, 5.41) is 1.97. The molecule has 0 aromatic heterocycles. The Balaban J connectivity index is 2.74. The monoisotopic (exact) mass is 281 g/mol. The Hall–Kier alpha value is -1.57. The molecule has 0 saturated heterocycles. The molecule has 1 N–H and O–H groups in total. The van der Waals surface area contributed by atoms with Crippen LogP contribution in [0, 0.1) is 17.5 Å². The summed E-state index contributed by atoms with van der Waals surface area (Å²) in [7, 11) is -3.33.